The summed E-state index contributed by atoms with van der Waals surface area (Å²) in [5, 5.41) is 10.2. The molecule has 0 saturated heterocycles. The third-order valence-electron chi connectivity index (χ3n) is 3.23. The summed E-state index contributed by atoms with van der Waals surface area (Å²) >= 11 is 1.26. The third-order valence-corrected chi connectivity index (χ3v) is 4.08. The number of hydrogen-bond acceptors (Lipinski definition) is 4. The van der Waals surface area contributed by atoms with Crippen LogP contribution in [0.15, 0.2) is 23.4 Å². The number of aryl methyl sites for hydroxylation is 1. The molecule has 1 aliphatic carbocycles. The summed E-state index contributed by atoms with van der Waals surface area (Å²) in [6.45, 7) is 1.68. The van der Waals surface area contributed by atoms with E-state index in [0.717, 1.165) is 18.7 Å². The summed E-state index contributed by atoms with van der Waals surface area (Å²) < 4.78 is 13.4. The van der Waals surface area contributed by atoms with Crippen molar-refractivity contribution in [3.8, 4) is 0 Å². The zero-order valence-electron chi connectivity index (χ0n) is 11.5. The summed E-state index contributed by atoms with van der Waals surface area (Å²) in [6, 6.07) is 4.63. The van der Waals surface area contributed by atoms with E-state index in [1.165, 1.54) is 17.8 Å². The number of halogens is 1. The predicted molar refractivity (Wildman–Crippen MR) is 78.8 cm³/mol. The van der Waals surface area contributed by atoms with Gasteiger partial charge in [-0.15, -0.1) is 5.10 Å². The molecule has 1 aliphatic rings. The smallest absolute Gasteiger partial charge is 0.234 e. The molecule has 0 bridgehead atoms. The Labute approximate surface area is 125 Å². The van der Waals surface area contributed by atoms with Crippen LogP contribution < -0.4 is 5.32 Å². The van der Waals surface area contributed by atoms with Crippen molar-refractivity contribution >= 4 is 23.4 Å². The molecule has 1 aromatic heterocycles. The Morgan fingerprint density at radius 1 is 1.52 bits per heavy atom. The SMILES string of the molecule is Cc1ccc(NC(=O)CSc2n[nH]c(C3CC3)n2)cc1F. The number of amides is 1. The lowest BCUT2D eigenvalue weighted by atomic mass is 10.2. The van der Waals surface area contributed by atoms with Crippen LogP contribution in [0.2, 0.25) is 0 Å². The number of thioether (sulfide) groups is 1. The largest absolute Gasteiger partial charge is 0.325 e. The highest BCUT2D eigenvalue weighted by molar-refractivity contribution is 7.99. The Hall–Kier alpha value is -1.89. The molecule has 1 saturated carbocycles. The molecule has 1 heterocycles. The molecule has 1 fully saturated rings. The van der Waals surface area contributed by atoms with Gasteiger partial charge in [0, 0.05) is 11.6 Å². The lowest BCUT2D eigenvalue weighted by molar-refractivity contribution is -0.113. The molecule has 1 amide bonds. The van der Waals surface area contributed by atoms with Crippen LogP contribution in [-0.4, -0.2) is 26.8 Å². The molecule has 0 radical (unpaired) electrons. The molecule has 1 aromatic carbocycles. The van der Waals surface area contributed by atoms with Gasteiger partial charge in [-0.05, 0) is 37.5 Å². The maximum atomic E-state index is 13.4. The average molecular weight is 306 g/mol. The van der Waals surface area contributed by atoms with Gasteiger partial charge in [-0.1, -0.05) is 17.8 Å². The molecule has 110 valence electrons. The molecule has 2 N–H and O–H groups in total. The Bertz CT molecular complexity index is 669. The number of anilines is 1. The van der Waals surface area contributed by atoms with Gasteiger partial charge in [0.25, 0.3) is 0 Å². The second-order valence-electron chi connectivity index (χ2n) is 5.08. The molecule has 0 spiro atoms. The van der Waals surface area contributed by atoms with Crippen LogP contribution in [0.3, 0.4) is 0 Å². The molecule has 0 unspecified atom stereocenters. The van der Waals surface area contributed by atoms with Crippen molar-refractivity contribution in [2.24, 2.45) is 0 Å². The van der Waals surface area contributed by atoms with E-state index < -0.39 is 0 Å². The standard InChI is InChI=1S/C14H15FN4OS/c1-8-2-5-10(6-11(8)15)16-12(20)7-21-14-17-13(18-19-14)9-3-4-9/h2,5-6,9H,3-4,7H2,1H3,(H,16,20)(H,17,18,19). The third kappa shape index (κ3) is 3.60. The van der Waals surface area contributed by atoms with Gasteiger partial charge in [0.15, 0.2) is 0 Å². The van der Waals surface area contributed by atoms with E-state index in [9.17, 15) is 9.18 Å². The molecule has 2 aromatic rings. The van der Waals surface area contributed by atoms with E-state index in [2.05, 4.69) is 20.5 Å². The van der Waals surface area contributed by atoms with Gasteiger partial charge in [0.05, 0.1) is 5.75 Å². The fourth-order valence-electron chi connectivity index (χ4n) is 1.86. The number of benzene rings is 1. The first-order valence-corrected chi connectivity index (χ1v) is 7.71. The van der Waals surface area contributed by atoms with Crippen molar-refractivity contribution in [1.82, 2.24) is 15.2 Å². The molecular weight excluding hydrogens is 291 g/mol. The van der Waals surface area contributed by atoms with Crippen LogP contribution >= 0.6 is 11.8 Å². The minimum atomic E-state index is -0.330. The summed E-state index contributed by atoms with van der Waals surface area (Å²) in [4.78, 5) is 16.1. The minimum absolute atomic E-state index is 0.192. The van der Waals surface area contributed by atoms with Gasteiger partial charge in [-0.25, -0.2) is 9.37 Å². The minimum Gasteiger partial charge on any atom is -0.325 e. The predicted octanol–water partition coefficient (Wildman–Crippen LogP) is 2.86. The van der Waals surface area contributed by atoms with Crippen molar-refractivity contribution < 1.29 is 9.18 Å². The molecule has 0 atom stereocenters. The first-order valence-electron chi connectivity index (χ1n) is 6.73. The van der Waals surface area contributed by atoms with Gasteiger partial charge < -0.3 is 5.32 Å². The summed E-state index contributed by atoms with van der Waals surface area (Å²) in [5.41, 5.74) is 1.01. The zero-order chi connectivity index (χ0) is 14.8. The second kappa shape index (κ2) is 5.85. The van der Waals surface area contributed by atoms with Crippen molar-refractivity contribution in [1.29, 1.82) is 0 Å². The number of carbonyl (C=O) groups is 1. The Morgan fingerprint density at radius 2 is 2.33 bits per heavy atom. The van der Waals surface area contributed by atoms with Crippen molar-refractivity contribution in [2.45, 2.75) is 30.8 Å². The van der Waals surface area contributed by atoms with E-state index in [4.69, 9.17) is 0 Å². The van der Waals surface area contributed by atoms with Crippen LogP contribution in [0.1, 0.15) is 30.1 Å². The van der Waals surface area contributed by atoms with Crippen molar-refractivity contribution in [3.05, 3.63) is 35.4 Å². The number of nitrogens with one attached hydrogen (secondary N) is 2. The second-order valence-corrected chi connectivity index (χ2v) is 6.02. The lowest BCUT2D eigenvalue weighted by Gasteiger charge is -2.05. The zero-order valence-corrected chi connectivity index (χ0v) is 12.3. The monoisotopic (exact) mass is 306 g/mol. The average Bonchev–Trinajstić information content (AvgIpc) is 3.20. The summed E-state index contributed by atoms with van der Waals surface area (Å²) in [7, 11) is 0. The maximum absolute atomic E-state index is 13.4. The number of hydrogen-bond donors (Lipinski definition) is 2. The van der Waals surface area contributed by atoms with Gasteiger partial charge in [-0.2, -0.15) is 0 Å². The summed E-state index contributed by atoms with van der Waals surface area (Å²) in [6.07, 6.45) is 2.30. The number of nitrogens with zero attached hydrogens (tertiary/aromatic N) is 2. The van der Waals surface area contributed by atoms with Crippen LogP contribution in [0.25, 0.3) is 0 Å². The molecule has 0 aliphatic heterocycles. The maximum Gasteiger partial charge on any atom is 0.234 e. The van der Waals surface area contributed by atoms with E-state index in [0.29, 0.717) is 22.3 Å². The van der Waals surface area contributed by atoms with Crippen LogP contribution in [0, 0.1) is 12.7 Å². The highest BCUT2D eigenvalue weighted by Gasteiger charge is 2.27. The Kier molecular flexibility index (Phi) is 3.92. The highest BCUT2D eigenvalue weighted by Crippen LogP contribution is 2.38. The molecular formula is C14H15FN4OS. The van der Waals surface area contributed by atoms with Gasteiger partial charge >= 0.3 is 0 Å². The van der Waals surface area contributed by atoms with Crippen LogP contribution in [-0.2, 0) is 4.79 Å². The number of aromatic amines is 1. The van der Waals surface area contributed by atoms with E-state index in [1.54, 1.807) is 19.1 Å². The van der Waals surface area contributed by atoms with Crippen molar-refractivity contribution in [3.63, 3.8) is 0 Å². The van der Waals surface area contributed by atoms with Gasteiger partial charge in [-0.3, -0.25) is 9.89 Å². The normalized spacial score (nSPS) is 14.2. The number of H-pyrrole nitrogens is 1. The number of carbonyl (C=O) groups excluding carboxylic acids is 1. The van der Waals surface area contributed by atoms with Crippen molar-refractivity contribution in [2.75, 3.05) is 11.1 Å². The van der Waals surface area contributed by atoms with Gasteiger partial charge in [0.1, 0.15) is 11.6 Å². The van der Waals surface area contributed by atoms with E-state index >= 15 is 0 Å². The lowest BCUT2D eigenvalue weighted by Crippen LogP contribution is -2.14. The molecule has 7 heteroatoms. The topological polar surface area (TPSA) is 70.7 Å². The number of aromatic nitrogens is 3. The summed E-state index contributed by atoms with van der Waals surface area (Å²) in [5.74, 6) is 1.07. The highest BCUT2D eigenvalue weighted by atomic mass is 32.2. The van der Waals surface area contributed by atoms with Crippen LogP contribution in [0.5, 0.6) is 0 Å². The fraction of sp³-hybridized carbons (Fsp3) is 0.357. The quantitative estimate of drug-likeness (QED) is 0.833. The molecule has 5 nitrogen and oxygen atoms in total. The molecule has 21 heavy (non-hydrogen) atoms. The first-order chi connectivity index (χ1) is 10.1. The van der Waals surface area contributed by atoms with Gasteiger partial charge in [0.2, 0.25) is 11.1 Å². The van der Waals surface area contributed by atoms with E-state index in [1.807, 2.05) is 0 Å². The molecule has 3 rings (SSSR count). The van der Waals surface area contributed by atoms with Crippen LogP contribution in [0.4, 0.5) is 10.1 Å². The van der Waals surface area contributed by atoms with E-state index in [-0.39, 0.29) is 17.5 Å². The fourth-order valence-corrected chi connectivity index (χ4v) is 2.47. The first kappa shape index (κ1) is 14.1. The number of rotatable bonds is 5. The Balaban J connectivity index is 1.52. The Morgan fingerprint density at radius 3 is 3.05 bits per heavy atom.